The van der Waals surface area contributed by atoms with E-state index in [2.05, 4.69) is 15.8 Å². The first-order valence-electron chi connectivity index (χ1n) is 7.40. The number of nitrogens with one attached hydrogen (secondary N) is 2. The van der Waals surface area contributed by atoms with E-state index in [1.807, 2.05) is 42.5 Å². The number of ether oxygens (including phenoxy) is 1. The van der Waals surface area contributed by atoms with Crippen molar-refractivity contribution in [3.63, 3.8) is 0 Å². The van der Waals surface area contributed by atoms with E-state index in [9.17, 15) is 4.79 Å². The van der Waals surface area contributed by atoms with E-state index >= 15 is 0 Å². The van der Waals surface area contributed by atoms with Gasteiger partial charge >= 0.3 is 6.03 Å². The maximum absolute atomic E-state index is 11.8. The molecule has 0 fully saturated rings. The minimum atomic E-state index is -0.422. The van der Waals surface area contributed by atoms with Crippen molar-refractivity contribution in [2.24, 2.45) is 5.10 Å². The van der Waals surface area contributed by atoms with E-state index in [-0.39, 0.29) is 0 Å². The Hall–Kier alpha value is -3.28. The first-order valence-corrected chi connectivity index (χ1v) is 7.40. The molecule has 6 heteroatoms. The van der Waals surface area contributed by atoms with Crippen molar-refractivity contribution >= 4 is 28.4 Å². The number of urea groups is 1. The van der Waals surface area contributed by atoms with Crippen LogP contribution in [0.1, 0.15) is 12.7 Å². The number of carbonyl (C=O) groups is 1. The molecular formula is C18H17N3O3. The fraction of sp³-hybridized carbons (Fsp3) is 0.111. The van der Waals surface area contributed by atoms with Crippen molar-refractivity contribution in [3.8, 4) is 5.75 Å². The number of hydrogen-bond donors (Lipinski definition) is 2. The van der Waals surface area contributed by atoms with Gasteiger partial charge in [0, 0.05) is 11.1 Å². The highest BCUT2D eigenvalue weighted by molar-refractivity contribution is 6.01. The molecule has 0 atom stereocenters. The molecular weight excluding hydrogens is 306 g/mol. The Bertz CT molecular complexity index is 885. The number of hydrazone groups is 1. The van der Waals surface area contributed by atoms with Crippen LogP contribution in [0.15, 0.2) is 64.1 Å². The van der Waals surface area contributed by atoms with Crippen LogP contribution in [0.4, 0.5) is 10.5 Å². The number of hydrogen-bond acceptors (Lipinski definition) is 4. The molecule has 1 aromatic heterocycles. The summed E-state index contributed by atoms with van der Waals surface area (Å²) in [6.07, 6.45) is 0. The molecule has 3 aromatic rings. The second-order valence-corrected chi connectivity index (χ2v) is 5.12. The normalized spacial score (nSPS) is 11.3. The average Bonchev–Trinajstić information content (AvgIpc) is 3.05. The van der Waals surface area contributed by atoms with Crippen molar-refractivity contribution in [3.05, 3.63) is 60.4 Å². The van der Waals surface area contributed by atoms with Crippen molar-refractivity contribution in [1.29, 1.82) is 0 Å². The van der Waals surface area contributed by atoms with E-state index in [0.717, 1.165) is 5.39 Å². The summed E-state index contributed by atoms with van der Waals surface area (Å²) in [6, 6.07) is 16.2. The second-order valence-electron chi connectivity index (χ2n) is 5.12. The number of rotatable bonds is 4. The molecule has 6 nitrogen and oxygen atoms in total. The van der Waals surface area contributed by atoms with Gasteiger partial charge in [0.2, 0.25) is 0 Å². The van der Waals surface area contributed by atoms with Gasteiger partial charge in [0.15, 0.2) is 17.1 Å². The largest absolute Gasteiger partial charge is 0.493 e. The number of anilines is 1. The number of carbonyl (C=O) groups excluding carboxylic acids is 1. The van der Waals surface area contributed by atoms with Crippen LogP contribution in [0.2, 0.25) is 0 Å². The number of benzene rings is 2. The van der Waals surface area contributed by atoms with Crippen molar-refractivity contribution in [2.45, 2.75) is 6.92 Å². The monoisotopic (exact) mass is 323 g/mol. The summed E-state index contributed by atoms with van der Waals surface area (Å²) >= 11 is 0. The summed E-state index contributed by atoms with van der Waals surface area (Å²) in [4.78, 5) is 11.8. The minimum Gasteiger partial charge on any atom is -0.493 e. The molecule has 3 rings (SSSR count). The molecule has 2 N–H and O–H groups in total. The molecule has 0 aliphatic carbocycles. The number of furan rings is 1. The maximum atomic E-state index is 11.8. The van der Waals surface area contributed by atoms with Gasteiger partial charge in [0.25, 0.3) is 0 Å². The molecule has 0 saturated carbocycles. The first-order chi connectivity index (χ1) is 11.7. The summed E-state index contributed by atoms with van der Waals surface area (Å²) < 4.78 is 11.0. The lowest BCUT2D eigenvalue weighted by atomic mass is 10.2. The van der Waals surface area contributed by atoms with Gasteiger partial charge in [-0.1, -0.05) is 30.3 Å². The van der Waals surface area contributed by atoms with Crippen molar-refractivity contribution in [2.75, 3.05) is 12.4 Å². The van der Waals surface area contributed by atoms with Crippen LogP contribution in [0, 0.1) is 0 Å². The number of methoxy groups -OCH3 is 1. The highest BCUT2D eigenvalue weighted by atomic mass is 16.5. The number of amides is 2. The molecule has 0 saturated heterocycles. The van der Waals surface area contributed by atoms with Crippen molar-refractivity contribution in [1.82, 2.24) is 5.43 Å². The Kier molecular flexibility index (Phi) is 4.47. The van der Waals surface area contributed by atoms with Gasteiger partial charge in [-0.2, -0.15) is 5.10 Å². The fourth-order valence-electron chi connectivity index (χ4n) is 2.25. The van der Waals surface area contributed by atoms with Crippen LogP contribution in [0.5, 0.6) is 5.75 Å². The lowest BCUT2D eigenvalue weighted by molar-refractivity contribution is 0.252. The number of fused-ring (bicyclic) bond motifs is 1. The lowest BCUT2D eigenvalue weighted by Crippen LogP contribution is -2.25. The van der Waals surface area contributed by atoms with Crippen LogP contribution < -0.4 is 15.5 Å². The SMILES string of the molecule is COc1cccc2cc(/C(C)=N\NC(=O)Nc3ccccc3)oc12. The average molecular weight is 323 g/mol. The zero-order chi connectivity index (χ0) is 16.9. The fourth-order valence-corrected chi connectivity index (χ4v) is 2.25. The van der Waals surface area contributed by atoms with Gasteiger partial charge in [-0.15, -0.1) is 0 Å². The Balaban J connectivity index is 1.73. The molecule has 0 aliphatic rings. The third-order valence-corrected chi connectivity index (χ3v) is 3.44. The molecule has 0 radical (unpaired) electrons. The van der Waals surface area contributed by atoms with Gasteiger partial charge in [-0.05, 0) is 31.2 Å². The molecule has 1 heterocycles. The Morgan fingerprint density at radius 2 is 1.92 bits per heavy atom. The van der Waals surface area contributed by atoms with Crippen LogP contribution in [0.3, 0.4) is 0 Å². The van der Waals surface area contributed by atoms with Gasteiger partial charge in [-0.25, -0.2) is 10.2 Å². The predicted octanol–water partition coefficient (Wildman–Crippen LogP) is 3.99. The second kappa shape index (κ2) is 6.87. The summed E-state index contributed by atoms with van der Waals surface area (Å²) in [6.45, 7) is 1.76. The Morgan fingerprint density at radius 1 is 1.12 bits per heavy atom. The van der Waals surface area contributed by atoms with Crippen molar-refractivity contribution < 1.29 is 13.9 Å². The van der Waals surface area contributed by atoms with E-state index in [4.69, 9.17) is 9.15 Å². The molecule has 2 amide bonds. The molecule has 2 aromatic carbocycles. The highest BCUT2D eigenvalue weighted by Gasteiger charge is 2.11. The summed E-state index contributed by atoms with van der Waals surface area (Å²) in [5.74, 6) is 1.22. The zero-order valence-electron chi connectivity index (χ0n) is 13.4. The zero-order valence-corrected chi connectivity index (χ0v) is 13.4. The van der Waals surface area contributed by atoms with Crippen LogP contribution in [-0.4, -0.2) is 18.9 Å². The Labute approximate surface area is 139 Å². The van der Waals surface area contributed by atoms with Gasteiger partial charge in [-0.3, -0.25) is 0 Å². The number of nitrogens with zero attached hydrogens (tertiary/aromatic N) is 1. The molecule has 0 aliphatic heterocycles. The molecule has 0 spiro atoms. The standard InChI is InChI=1S/C18H17N3O3/c1-12(20-21-18(22)19-14-8-4-3-5-9-14)16-11-13-7-6-10-15(23-2)17(13)24-16/h3-11H,1-2H3,(H2,19,21,22)/b20-12-. The smallest absolute Gasteiger partial charge is 0.339 e. The molecule has 0 unspecified atom stereocenters. The summed E-state index contributed by atoms with van der Waals surface area (Å²) in [5.41, 5.74) is 4.34. The molecule has 0 bridgehead atoms. The third kappa shape index (κ3) is 3.38. The summed E-state index contributed by atoms with van der Waals surface area (Å²) in [7, 11) is 1.59. The first kappa shape index (κ1) is 15.6. The van der Waals surface area contributed by atoms with Crippen LogP contribution in [-0.2, 0) is 0 Å². The summed E-state index contributed by atoms with van der Waals surface area (Å²) in [5, 5.41) is 7.66. The number of para-hydroxylation sites is 2. The van der Waals surface area contributed by atoms with E-state index < -0.39 is 6.03 Å². The lowest BCUT2D eigenvalue weighted by Gasteiger charge is -2.04. The van der Waals surface area contributed by atoms with Crippen LogP contribution in [0.25, 0.3) is 11.0 Å². The van der Waals surface area contributed by atoms with Gasteiger partial charge in [0.1, 0.15) is 5.71 Å². The predicted molar refractivity (Wildman–Crippen MR) is 93.6 cm³/mol. The van der Waals surface area contributed by atoms with E-state index in [0.29, 0.717) is 28.5 Å². The van der Waals surface area contributed by atoms with E-state index in [1.54, 1.807) is 26.2 Å². The van der Waals surface area contributed by atoms with E-state index in [1.165, 1.54) is 0 Å². The Morgan fingerprint density at radius 3 is 2.67 bits per heavy atom. The van der Waals surface area contributed by atoms with Gasteiger partial charge in [0.05, 0.1) is 7.11 Å². The quantitative estimate of drug-likeness (QED) is 0.563. The topological polar surface area (TPSA) is 75.9 Å². The third-order valence-electron chi connectivity index (χ3n) is 3.44. The van der Waals surface area contributed by atoms with Gasteiger partial charge < -0.3 is 14.5 Å². The molecule has 24 heavy (non-hydrogen) atoms. The maximum Gasteiger partial charge on any atom is 0.339 e. The van der Waals surface area contributed by atoms with Crippen LogP contribution >= 0.6 is 0 Å². The highest BCUT2D eigenvalue weighted by Crippen LogP contribution is 2.28. The molecule has 122 valence electrons. The minimum absolute atomic E-state index is 0.422.